The molecule has 0 saturated heterocycles. The van der Waals surface area contributed by atoms with Crippen LogP contribution in [0.15, 0.2) is 66.9 Å². The summed E-state index contributed by atoms with van der Waals surface area (Å²) in [5.74, 6) is 0.841. The Morgan fingerprint density at radius 1 is 1.12 bits per heavy atom. The number of aromatic nitrogens is 3. The first-order chi connectivity index (χ1) is 16.0. The summed E-state index contributed by atoms with van der Waals surface area (Å²) in [6, 6.07) is 20.3. The largest absolute Gasteiger partial charge is 0.497 e. The molecule has 0 bridgehead atoms. The Hall–Kier alpha value is -3.67. The van der Waals surface area contributed by atoms with Crippen LogP contribution in [0.3, 0.4) is 0 Å². The number of carbonyl (C=O) groups excluding carboxylic acids is 1. The number of fused-ring (bicyclic) bond motifs is 1. The van der Waals surface area contributed by atoms with E-state index < -0.39 is 0 Å². The van der Waals surface area contributed by atoms with Crippen molar-refractivity contribution < 1.29 is 9.53 Å². The van der Waals surface area contributed by atoms with Gasteiger partial charge in [-0.3, -0.25) is 4.79 Å². The molecule has 6 nitrogen and oxygen atoms in total. The average Bonchev–Trinajstić information content (AvgIpc) is 3.60. The second kappa shape index (κ2) is 8.70. The van der Waals surface area contributed by atoms with Crippen molar-refractivity contribution in [1.82, 2.24) is 19.7 Å². The Morgan fingerprint density at radius 3 is 2.48 bits per heavy atom. The average molecular weight is 441 g/mol. The third-order valence-corrected chi connectivity index (χ3v) is 6.12. The molecule has 1 amide bonds. The second-order valence-electron chi connectivity index (χ2n) is 8.85. The van der Waals surface area contributed by atoms with Gasteiger partial charge >= 0.3 is 0 Å². The van der Waals surface area contributed by atoms with Crippen molar-refractivity contribution in [2.75, 3.05) is 7.11 Å². The lowest BCUT2D eigenvalue weighted by Gasteiger charge is -2.23. The SMILES string of the molecule is COc1ccc(CN(C(=O)c2cc(-c3ccccc3)nc3c2cnn3C(C)C)C2CC2)cc1. The highest BCUT2D eigenvalue weighted by molar-refractivity contribution is 6.06. The molecule has 5 rings (SSSR count). The fourth-order valence-corrected chi connectivity index (χ4v) is 4.16. The molecule has 0 spiro atoms. The highest BCUT2D eigenvalue weighted by Gasteiger charge is 2.34. The van der Waals surface area contributed by atoms with Gasteiger partial charge in [-0.2, -0.15) is 5.10 Å². The number of hydrogen-bond donors (Lipinski definition) is 0. The predicted octanol–water partition coefficient (Wildman–Crippen LogP) is 5.49. The standard InChI is InChI=1S/C27H28N4O2/c1-18(2)31-26-24(16-28-31)23(15-25(29-26)20-7-5-4-6-8-20)27(32)30(21-11-12-21)17-19-9-13-22(33-3)14-10-19/h4-10,13-16,18,21H,11-12,17H2,1-3H3. The van der Waals surface area contributed by atoms with E-state index in [4.69, 9.17) is 9.72 Å². The summed E-state index contributed by atoms with van der Waals surface area (Å²) in [6.07, 6.45) is 3.85. The lowest BCUT2D eigenvalue weighted by Crippen LogP contribution is -2.32. The molecule has 1 aliphatic rings. The Bertz CT molecular complexity index is 1270. The molecule has 0 atom stereocenters. The summed E-state index contributed by atoms with van der Waals surface area (Å²) in [5, 5.41) is 5.36. The number of ether oxygens (including phenoxy) is 1. The van der Waals surface area contributed by atoms with E-state index in [9.17, 15) is 4.79 Å². The molecule has 0 aliphatic heterocycles. The van der Waals surface area contributed by atoms with Crippen LogP contribution in [0.25, 0.3) is 22.3 Å². The van der Waals surface area contributed by atoms with Crippen LogP contribution in [0, 0.1) is 0 Å². The molecule has 1 fully saturated rings. The van der Waals surface area contributed by atoms with Gasteiger partial charge in [-0.25, -0.2) is 9.67 Å². The Balaban J connectivity index is 1.58. The number of amides is 1. The second-order valence-corrected chi connectivity index (χ2v) is 8.85. The fraction of sp³-hybridized carbons (Fsp3) is 0.296. The molecule has 2 aromatic carbocycles. The molecular weight excluding hydrogens is 412 g/mol. The van der Waals surface area contributed by atoms with E-state index in [1.54, 1.807) is 13.3 Å². The molecule has 1 saturated carbocycles. The van der Waals surface area contributed by atoms with Gasteiger partial charge in [-0.1, -0.05) is 42.5 Å². The van der Waals surface area contributed by atoms with E-state index in [1.165, 1.54) is 0 Å². The van der Waals surface area contributed by atoms with Gasteiger partial charge in [0.2, 0.25) is 0 Å². The minimum Gasteiger partial charge on any atom is -0.497 e. The van der Waals surface area contributed by atoms with E-state index in [0.717, 1.165) is 46.4 Å². The zero-order valence-electron chi connectivity index (χ0n) is 19.2. The Morgan fingerprint density at radius 2 is 1.85 bits per heavy atom. The smallest absolute Gasteiger partial charge is 0.255 e. The molecule has 2 heterocycles. The third-order valence-electron chi connectivity index (χ3n) is 6.12. The monoisotopic (exact) mass is 440 g/mol. The summed E-state index contributed by atoms with van der Waals surface area (Å²) in [5.41, 5.74) is 4.26. The van der Waals surface area contributed by atoms with E-state index in [-0.39, 0.29) is 18.0 Å². The van der Waals surface area contributed by atoms with Gasteiger partial charge in [-0.05, 0) is 50.5 Å². The van der Waals surface area contributed by atoms with Crippen LogP contribution < -0.4 is 4.74 Å². The van der Waals surface area contributed by atoms with Crippen molar-refractivity contribution in [3.63, 3.8) is 0 Å². The summed E-state index contributed by atoms with van der Waals surface area (Å²) < 4.78 is 7.17. The third kappa shape index (κ3) is 4.21. The van der Waals surface area contributed by atoms with Crippen molar-refractivity contribution in [1.29, 1.82) is 0 Å². The Labute approximate surface area is 193 Å². The molecule has 168 valence electrons. The molecule has 0 radical (unpaired) electrons. The minimum atomic E-state index is 0.0289. The molecule has 4 aromatic rings. The number of benzene rings is 2. The van der Waals surface area contributed by atoms with Crippen molar-refractivity contribution >= 4 is 16.9 Å². The molecule has 6 heteroatoms. The lowest BCUT2D eigenvalue weighted by atomic mass is 10.1. The Kier molecular flexibility index (Phi) is 5.58. The summed E-state index contributed by atoms with van der Waals surface area (Å²) in [7, 11) is 1.66. The van der Waals surface area contributed by atoms with Crippen molar-refractivity contribution in [2.45, 2.75) is 45.3 Å². The normalized spacial score (nSPS) is 13.5. The summed E-state index contributed by atoms with van der Waals surface area (Å²) >= 11 is 0. The van der Waals surface area contributed by atoms with Crippen molar-refractivity contribution in [3.05, 3.63) is 78.0 Å². The number of carbonyl (C=O) groups is 1. The van der Waals surface area contributed by atoms with Crippen molar-refractivity contribution in [2.24, 2.45) is 0 Å². The highest BCUT2D eigenvalue weighted by atomic mass is 16.5. The van der Waals surface area contributed by atoms with Crippen LogP contribution in [0.2, 0.25) is 0 Å². The van der Waals surface area contributed by atoms with Crippen LogP contribution in [0.5, 0.6) is 5.75 Å². The summed E-state index contributed by atoms with van der Waals surface area (Å²) in [6.45, 7) is 4.71. The minimum absolute atomic E-state index is 0.0289. The van der Waals surface area contributed by atoms with Gasteiger partial charge in [0.25, 0.3) is 5.91 Å². The van der Waals surface area contributed by atoms with Gasteiger partial charge < -0.3 is 9.64 Å². The van der Waals surface area contributed by atoms with Crippen LogP contribution in [0.4, 0.5) is 0 Å². The number of hydrogen-bond acceptors (Lipinski definition) is 4. The van der Waals surface area contributed by atoms with E-state index in [2.05, 4.69) is 18.9 Å². The maximum absolute atomic E-state index is 14.0. The molecule has 0 N–H and O–H groups in total. The first-order valence-corrected chi connectivity index (χ1v) is 11.4. The number of methoxy groups -OCH3 is 1. The van der Waals surface area contributed by atoms with Crippen LogP contribution in [-0.2, 0) is 6.54 Å². The highest BCUT2D eigenvalue weighted by Crippen LogP contribution is 2.33. The predicted molar refractivity (Wildman–Crippen MR) is 129 cm³/mol. The van der Waals surface area contributed by atoms with Gasteiger partial charge in [0.05, 0.1) is 30.0 Å². The van der Waals surface area contributed by atoms with Gasteiger partial charge in [-0.15, -0.1) is 0 Å². The lowest BCUT2D eigenvalue weighted by molar-refractivity contribution is 0.0732. The van der Waals surface area contributed by atoms with Crippen LogP contribution in [0.1, 0.15) is 48.7 Å². The molecule has 2 aromatic heterocycles. The van der Waals surface area contributed by atoms with Gasteiger partial charge in [0.1, 0.15) is 5.75 Å². The van der Waals surface area contributed by atoms with E-state index in [0.29, 0.717) is 12.1 Å². The number of rotatable bonds is 7. The zero-order valence-corrected chi connectivity index (χ0v) is 19.2. The first kappa shape index (κ1) is 21.2. The quantitative estimate of drug-likeness (QED) is 0.381. The van der Waals surface area contributed by atoms with Crippen molar-refractivity contribution in [3.8, 4) is 17.0 Å². The topological polar surface area (TPSA) is 60.2 Å². The fourth-order valence-electron chi connectivity index (χ4n) is 4.16. The van der Waals surface area contributed by atoms with Gasteiger partial charge in [0.15, 0.2) is 5.65 Å². The van der Waals surface area contributed by atoms with Crippen LogP contribution in [-0.4, -0.2) is 38.7 Å². The van der Waals surface area contributed by atoms with Gasteiger partial charge in [0, 0.05) is 24.2 Å². The number of nitrogens with zero attached hydrogens (tertiary/aromatic N) is 4. The summed E-state index contributed by atoms with van der Waals surface area (Å²) in [4.78, 5) is 20.9. The maximum atomic E-state index is 14.0. The molecule has 1 aliphatic carbocycles. The molecule has 0 unspecified atom stereocenters. The zero-order chi connectivity index (χ0) is 22.9. The molecular formula is C27H28N4O2. The van der Waals surface area contributed by atoms with E-state index >= 15 is 0 Å². The number of pyridine rings is 1. The molecule has 33 heavy (non-hydrogen) atoms. The van der Waals surface area contributed by atoms with E-state index in [1.807, 2.05) is 70.2 Å². The van der Waals surface area contributed by atoms with Crippen LogP contribution >= 0.6 is 0 Å². The maximum Gasteiger partial charge on any atom is 0.255 e. The first-order valence-electron chi connectivity index (χ1n) is 11.4.